The Morgan fingerprint density at radius 1 is 1.05 bits per heavy atom. The molecular formula is C29H24F2N2O4. The van der Waals surface area contributed by atoms with Crippen molar-refractivity contribution in [3.63, 3.8) is 0 Å². The Hall–Kier alpha value is -4.04. The van der Waals surface area contributed by atoms with Gasteiger partial charge in [-0.3, -0.25) is 9.59 Å². The monoisotopic (exact) mass is 502 g/mol. The molecule has 1 heterocycles. The lowest BCUT2D eigenvalue weighted by molar-refractivity contribution is 0.0939. The molecular weight excluding hydrogens is 478 g/mol. The van der Waals surface area contributed by atoms with Gasteiger partial charge in [-0.2, -0.15) is 0 Å². The Balaban J connectivity index is 1.53. The van der Waals surface area contributed by atoms with Crippen LogP contribution in [0.3, 0.4) is 0 Å². The molecule has 2 N–H and O–H groups in total. The molecule has 0 spiro atoms. The van der Waals surface area contributed by atoms with Crippen molar-refractivity contribution in [2.45, 2.75) is 25.0 Å². The number of furan rings is 1. The number of hydrogen-bond acceptors (Lipinski definition) is 4. The first-order valence-corrected chi connectivity index (χ1v) is 12.0. The van der Waals surface area contributed by atoms with Crippen LogP contribution < -0.4 is 10.6 Å². The Morgan fingerprint density at radius 2 is 1.78 bits per heavy atom. The van der Waals surface area contributed by atoms with Crippen molar-refractivity contribution >= 4 is 22.8 Å². The van der Waals surface area contributed by atoms with Gasteiger partial charge in [0.05, 0.1) is 17.6 Å². The SMILES string of the molecule is CNC(=O)c1c(-c2ccc(F)cc2)oc2cc(COC)c(-c3cccc(C(=O)NC45CC4C5)c3)c(F)c12. The first-order valence-electron chi connectivity index (χ1n) is 12.0. The first-order chi connectivity index (χ1) is 17.8. The van der Waals surface area contributed by atoms with E-state index in [4.69, 9.17) is 9.15 Å². The fourth-order valence-electron chi connectivity index (χ4n) is 5.01. The molecule has 4 aromatic rings. The number of fused-ring (bicyclic) bond motifs is 2. The number of halogens is 2. The minimum absolute atomic E-state index is 0.000995. The topological polar surface area (TPSA) is 80.6 Å². The van der Waals surface area contributed by atoms with Crippen molar-refractivity contribution in [1.82, 2.24) is 10.6 Å². The van der Waals surface area contributed by atoms with Crippen LogP contribution in [0.15, 0.2) is 59.0 Å². The van der Waals surface area contributed by atoms with Gasteiger partial charge in [-0.1, -0.05) is 12.1 Å². The van der Waals surface area contributed by atoms with Crippen LogP contribution in [-0.4, -0.2) is 31.5 Å². The lowest BCUT2D eigenvalue weighted by Crippen LogP contribution is -2.30. The predicted molar refractivity (Wildman–Crippen MR) is 134 cm³/mol. The summed E-state index contributed by atoms with van der Waals surface area (Å²) in [6.07, 6.45) is 2.03. The Labute approximate surface area is 211 Å². The summed E-state index contributed by atoms with van der Waals surface area (Å²) in [5.41, 5.74) is 2.19. The molecule has 0 aliphatic heterocycles. The van der Waals surface area contributed by atoms with E-state index in [1.165, 1.54) is 38.4 Å². The van der Waals surface area contributed by atoms with Gasteiger partial charge in [0.15, 0.2) is 0 Å². The number of hydrogen-bond donors (Lipinski definition) is 2. The number of nitrogens with one attached hydrogen (secondary N) is 2. The van der Waals surface area contributed by atoms with Gasteiger partial charge in [0.2, 0.25) is 0 Å². The van der Waals surface area contributed by atoms with E-state index in [-0.39, 0.29) is 45.9 Å². The number of rotatable bonds is 7. The standard InChI is InChI=1S/C29H24F2N2O4/c1-32-28(35)24-23-21(37-26(24)15-6-8-20(30)9-7-15)11-18(14-36-2)22(25(23)31)16-4-3-5-17(10-16)27(34)33-29-12-19(29)13-29/h3-11,19H,12-14H2,1-2H3,(H,32,35)(H,33,34). The summed E-state index contributed by atoms with van der Waals surface area (Å²) in [6.45, 7) is 0.0747. The summed E-state index contributed by atoms with van der Waals surface area (Å²) in [7, 11) is 2.94. The van der Waals surface area contributed by atoms with Gasteiger partial charge in [0.1, 0.15) is 23.0 Å². The largest absolute Gasteiger partial charge is 0.455 e. The highest BCUT2D eigenvalue weighted by molar-refractivity contribution is 6.12. The van der Waals surface area contributed by atoms with Gasteiger partial charge in [-0.25, -0.2) is 8.78 Å². The molecule has 1 aromatic heterocycles. The van der Waals surface area contributed by atoms with Crippen LogP contribution in [-0.2, 0) is 11.3 Å². The summed E-state index contributed by atoms with van der Waals surface area (Å²) in [4.78, 5) is 25.8. The third-order valence-electron chi connectivity index (χ3n) is 7.32. The molecule has 2 aliphatic carbocycles. The summed E-state index contributed by atoms with van der Waals surface area (Å²) < 4.78 is 41.3. The Bertz CT molecular complexity index is 1570. The molecule has 2 aliphatic rings. The van der Waals surface area contributed by atoms with E-state index in [1.807, 2.05) is 0 Å². The van der Waals surface area contributed by atoms with Gasteiger partial charge in [0.25, 0.3) is 11.8 Å². The fourth-order valence-corrected chi connectivity index (χ4v) is 5.01. The second kappa shape index (κ2) is 8.52. The summed E-state index contributed by atoms with van der Waals surface area (Å²) in [5, 5.41) is 5.64. The van der Waals surface area contributed by atoms with Crippen molar-refractivity contribution in [1.29, 1.82) is 0 Å². The molecule has 0 atom stereocenters. The molecule has 0 saturated heterocycles. The normalized spacial score (nSPS) is 19.4. The van der Waals surface area contributed by atoms with Gasteiger partial charge < -0.3 is 19.8 Å². The Kier molecular flexibility index (Phi) is 5.38. The number of amides is 2. The van der Waals surface area contributed by atoms with Gasteiger partial charge in [-0.05, 0) is 72.4 Å². The van der Waals surface area contributed by atoms with Crippen LogP contribution in [0.5, 0.6) is 0 Å². The van der Waals surface area contributed by atoms with Crippen LogP contribution in [0, 0.1) is 17.6 Å². The average molecular weight is 503 g/mol. The molecule has 0 unspecified atom stereocenters. The minimum atomic E-state index is -0.666. The van der Waals surface area contributed by atoms with Crippen LogP contribution in [0.25, 0.3) is 33.4 Å². The number of carbonyl (C=O) groups is 2. The molecule has 2 amide bonds. The van der Waals surface area contributed by atoms with E-state index in [2.05, 4.69) is 10.6 Å². The van der Waals surface area contributed by atoms with E-state index in [1.54, 1.807) is 30.3 Å². The number of methoxy groups -OCH3 is 1. The van der Waals surface area contributed by atoms with Crippen LogP contribution >= 0.6 is 0 Å². The fraction of sp³-hybridized carbons (Fsp3) is 0.241. The number of ether oxygens (including phenoxy) is 1. The van der Waals surface area contributed by atoms with Crippen LogP contribution in [0.4, 0.5) is 8.78 Å². The lowest BCUT2D eigenvalue weighted by atomic mass is 9.94. The molecule has 2 saturated carbocycles. The highest BCUT2D eigenvalue weighted by Gasteiger charge is 2.70. The second-order valence-corrected chi connectivity index (χ2v) is 9.72. The zero-order valence-electron chi connectivity index (χ0n) is 20.3. The summed E-state index contributed by atoms with van der Waals surface area (Å²) in [5.74, 6) is -1.12. The molecule has 37 heavy (non-hydrogen) atoms. The van der Waals surface area contributed by atoms with Crippen molar-refractivity contribution in [3.05, 3.63) is 82.9 Å². The molecule has 3 aromatic carbocycles. The predicted octanol–water partition coefficient (Wildman–Crippen LogP) is 5.44. The lowest BCUT2D eigenvalue weighted by Gasteiger charge is -2.14. The summed E-state index contributed by atoms with van der Waals surface area (Å²) >= 11 is 0. The maximum atomic E-state index is 16.5. The van der Waals surface area contributed by atoms with Crippen LogP contribution in [0.1, 0.15) is 39.1 Å². The molecule has 188 valence electrons. The average Bonchev–Trinajstić information content (AvgIpc) is 3.71. The maximum absolute atomic E-state index is 16.5. The number of benzene rings is 3. The van der Waals surface area contributed by atoms with Crippen molar-refractivity contribution < 1.29 is 27.5 Å². The third kappa shape index (κ3) is 3.88. The molecule has 8 heteroatoms. The second-order valence-electron chi connectivity index (χ2n) is 9.72. The Morgan fingerprint density at radius 3 is 2.43 bits per heavy atom. The van der Waals surface area contributed by atoms with E-state index in [9.17, 15) is 14.0 Å². The van der Waals surface area contributed by atoms with Crippen molar-refractivity contribution in [3.8, 4) is 22.5 Å². The van der Waals surface area contributed by atoms with E-state index in [0.29, 0.717) is 28.2 Å². The van der Waals surface area contributed by atoms with Gasteiger partial charge >= 0.3 is 0 Å². The third-order valence-corrected chi connectivity index (χ3v) is 7.32. The highest BCUT2D eigenvalue weighted by Crippen LogP contribution is 2.66. The van der Waals surface area contributed by atoms with E-state index in [0.717, 1.165) is 12.8 Å². The zero-order chi connectivity index (χ0) is 25.9. The quantitative estimate of drug-likeness (QED) is 0.353. The van der Waals surface area contributed by atoms with Gasteiger partial charge in [-0.15, -0.1) is 0 Å². The maximum Gasteiger partial charge on any atom is 0.255 e. The van der Waals surface area contributed by atoms with Crippen molar-refractivity contribution in [2.75, 3.05) is 14.2 Å². The molecule has 0 bridgehead atoms. The highest BCUT2D eigenvalue weighted by atomic mass is 19.1. The van der Waals surface area contributed by atoms with Crippen molar-refractivity contribution in [2.24, 2.45) is 5.92 Å². The number of carbonyl (C=O) groups excluding carboxylic acids is 2. The smallest absolute Gasteiger partial charge is 0.255 e. The molecule has 6 nitrogen and oxygen atoms in total. The first kappa shape index (κ1) is 23.4. The summed E-state index contributed by atoms with van der Waals surface area (Å²) in [6, 6.07) is 13.8. The van der Waals surface area contributed by atoms with Crippen LogP contribution in [0.2, 0.25) is 0 Å². The van der Waals surface area contributed by atoms with E-state index < -0.39 is 17.5 Å². The minimum Gasteiger partial charge on any atom is -0.455 e. The zero-order valence-corrected chi connectivity index (χ0v) is 20.3. The molecule has 2 fully saturated rings. The molecule has 0 radical (unpaired) electrons. The van der Waals surface area contributed by atoms with E-state index >= 15 is 4.39 Å². The molecule has 6 rings (SSSR count). The van der Waals surface area contributed by atoms with Gasteiger partial charge in [0, 0.05) is 36.4 Å².